The van der Waals surface area contributed by atoms with Crippen LogP contribution in [0.3, 0.4) is 0 Å². The molecule has 1 aliphatic heterocycles. The molecule has 1 saturated heterocycles. The Morgan fingerprint density at radius 1 is 1.19 bits per heavy atom. The summed E-state index contributed by atoms with van der Waals surface area (Å²) in [6.45, 7) is -0.370. The van der Waals surface area contributed by atoms with Gasteiger partial charge in [-0.3, -0.25) is 27.8 Å². The number of H-pyrrole nitrogens is 1. The standard InChI is InChI=1S/C11H17FN5O13P3.4Na/c1-11(12)6(18)4(2-27-32(23,24)30-33(25,26)29-31(20,21)22)28-9(11)17-3-14-5-7(17)15-10(13)16-8(5)19;;;;/h3-4,6,9,18H,2H2,1H3,(H,23,24)(H,25,26)(H2,20,21,22)(H3,13,15,16,19);;;;/q;4*+1/p-4/t4-,6-,9-,11-;;;;/m1..../s1. The fourth-order valence-corrected chi connectivity index (χ4v) is 5.78. The molecule has 18 nitrogen and oxygen atoms in total. The summed E-state index contributed by atoms with van der Waals surface area (Å²) in [4.78, 5) is 65.1. The van der Waals surface area contributed by atoms with Crippen LogP contribution in [0.15, 0.2) is 11.1 Å². The molecule has 1 aliphatic rings. The van der Waals surface area contributed by atoms with Gasteiger partial charge in [0.05, 0.1) is 20.8 Å². The summed E-state index contributed by atoms with van der Waals surface area (Å²) in [6.07, 6.45) is -4.66. The number of fused-ring (bicyclic) bond motifs is 1. The molecule has 4 N–H and O–H groups in total. The van der Waals surface area contributed by atoms with Gasteiger partial charge in [-0.05, 0) is 6.92 Å². The number of aliphatic hydroxyl groups excluding tert-OH is 1. The minimum atomic E-state index is -6.21. The number of nitrogens with two attached hydrogens (primary N) is 1. The summed E-state index contributed by atoms with van der Waals surface area (Å²) in [5.41, 5.74) is 1.54. The Labute approximate surface area is 295 Å². The number of ether oxygens (including phenoxy) is 1. The molecule has 0 spiro atoms. The first-order valence-corrected chi connectivity index (χ1v) is 12.8. The predicted molar refractivity (Wildman–Crippen MR) is 92.9 cm³/mol. The number of aliphatic hydroxyl groups is 1. The molecule has 6 atom stereocenters. The summed E-state index contributed by atoms with van der Waals surface area (Å²) < 4.78 is 65.2. The maximum absolute atomic E-state index is 15.3. The number of hydrogen-bond acceptors (Lipinski definition) is 16. The van der Waals surface area contributed by atoms with Crippen LogP contribution in [0, 0.1) is 0 Å². The average Bonchev–Trinajstić information content (AvgIpc) is 3.10. The zero-order valence-corrected chi connectivity index (χ0v) is 30.7. The van der Waals surface area contributed by atoms with Crippen LogP contribution in [0.25, 0.3) is 11.2 Å². The number of alkyl halides is 1. The Hall–Kier alpha value is 2.41. The third-order valence-corrected chi connectivity index (χ3v) is 7.88. The largest absolute Gasteiger partial charge is 1.00 e. The van der Waals surface area contributed by atoms with Crippen molar-refractivity contribution < 1.29 is 179 Å². The van der Waals surface area contributed by atoms with Gasteiger partial charge in [0.25, 0.3) is 21.2 Å². The minimum absolute atomic E-state index is 0. The van der Waals surface area contributed by atoms with Crippen LogP contribution in [0.2, 0.25) is 0 Å². The molecule has 37 heavy (non-hydrogen) atoms. The van der Waals surface area contributed by atoms with Crippen molar-refractivity contribution in [1.82, 2.24) is 19.5 Å². The third-order valence-electron chi connectivity index (χ3n) is 4.22. The van der Waals surface area contributed by atoms with E-state index in [2.05, 4.69) is 28.1 Å². The van der Waals surface area contributed by atoms with Crippen molar-refractivity contribution in [2.45, 2.75) is 31.0 Å². The second-order valence-electron chi connectivity index (χ2n) is 6.70. The number of hydrogen-bond donors (Lipinski definition) is 3. The van der Waals surface area contributed by atoms with Gasteiger partial charge in [0, 0.05) is 0 Å². The molecule has 2 unspecified atom stereocenters. The molecule has 0 aliphatic carbocycles. The maximum Gasteiger partial charge on any atom is 1.00 e. The van der Waals surface area contributed by atoms with Crippen molar-refractivity contribution in [3.8, 4) is 0 Å². The molecule has 3 heterocycles. The fourth-order valence-electron chi connectivity index (χ4n) is 2.91. The van der Waals surface area contributed by atoms with Crippen molar-refractivity contribution in [1.29, 1.82) is 0 Å². The van der Waals surface area contributed by atoms with E-state index in [0.29, 0.717) is 0 Å². The summed E-state index contributed by atoms with van der Waals surface area (Å²) in [7, 11) is -18.3. The molecule has 0 radical (unpaired) electrons. The van der Waals surface area contributed by atoms with Crippen molar-refractivity contribution in [2.75, 3.05) is 12.3 Å². The first kappa shape index (κ1) is 41.5. The van der Waals surface area contributed by atoms with Gasteiger partial charge in [0.1, 0.15) is 12.2 Å². The number of nitrogens with one attached hydrogen (secondary N) is 1. The smallest absolute Gasteiger partial charge is 0.790 e. The molecule has 2 aromatic heterocycles. The van der Waals surface area contributed by atoms with Crippen LogP contribution in [0.5, 0.6) is 0 Å². The zero-order chi connectivity index (χ0) is 25.0. The first-order chi connectivity index (χ1) is 14.9. The number of phosphoric acid groups is 3. The van der Waals surface area contributed by atoms with E-state index in [1.54, 1.807) is 0 Å². The van der Waals surface area contributed by atoms with Gasteiger partial charge < -0.3 is 44.2 Å². The number of phosphoric ester groups is 1. The number of imidazole rings is 1. The average molecular weight is 627 g/mol. The number of rotatable bonds is 8. The van der Waals surface area contributed by atoms with Gasteiger partial charge in [0.15, 0.2) is 23.1 Å². The van der Waals surface area contributed by atoms with Gasteiger partial charge in [-0.2, -0.15) is 4.98 Å². The van der Waals surface area contributed by atoms with E-state index in [1.165, 1.54) is 0 Å². The number of nitrogens with zero attached hydrogens (tertiary/aromatic N) is 3. The van der Waals surface area contributed by atoms with E-state index < -0.39 is 59.7 Å². The SMILES string of the molecule is C[C@@]1(F)[C@H](O)[C@@H](COP(=O)([O-])OP(=O)([O-])OP(=O)([O-])[O-])O[C@H]1n1cnc2c(=O)[nH]c(N)nc21.[Na+].[Na+].[Na+].[Na+]. The van der Waals surface area contributed by atoms with E-state index in [9.17, 15) is 43.2 Å². The minimum Gasteiger partial charge on any atom is -0.790 e. The monoisotopic (exact) mass is 627 g/mol. The van der Waals surface area contributed by atoms with E-state index in [4.69, 9.17) is 10.5 Å². The van der Waals surface area contributed by atoms with Crippen LogP contribution in [0.4, 0.5) is 10.3 Å². The Kier molecular flexibility index (Phi) is 17.1. The number of nitrogen functional groups attached to an aromatic ring is 1. The summed E-state index contributed by atoms with van der Waals surface area (Å²) >= 11 is 0. The van der Waals surface area contributed by atoms with Crippen LogP contribution in [-0.2, 0) is 31.6 Å². The Bertz CT molecular complexity index is 1280. The van der Waals surface area contributed by atoms with Crippen LogP contribution < -0.4 is 149 Å². The molecule has 0 aromatic carbocycles. The molecule has 0 amide bonds. The van der Waals surface area contributed by atoms with E-state index in [-0.39, 0.29) is 135 Å². The molecule has 0 saturated carbocycles. The molecule has 2 aromatic rings. The Balaban J connectivity index is 0. The van der Waals surface area contributed by atoms with Crippen LogP contribution in [0.1, 0.15) is 13.2 Å². The van der Waals surface area contributed by atoms with Gasteiger partial charge in [-0.15, -0.1) is 0 Å². The van der Waals surface area contributed by atoms with Crippen molar-refractivity contribution in [3.63, 3.8) is 0 Å². The summed E-state index contributed by atoms with van der Waals surface area (Å²) in [6, 6.07) is 0. The third kappa shape index (κ3) is 10.6. The van der Waals surface area contributed by atoms with Gasteiger partial charge in [-0.1, -0.05) is 0 Å². The molecular formula is C11H13FN5Na4O13P3. The number of anilines is 1. The molecule has 26 heteroatoms. The normalized spacial score (nSPS) is 26.5. The maximum atomic E-state index is 15.3. The van der Waals surface area contributed by atoms with E-state index in [1.807, 2.05) is 0 Å². The van der Waals surface area contributed by atoms with Gasteiger partial charge >= 0.3 is 118 Å². The molecule has 1 fully saturated rings. The topological polar surface area (TPSA) is 290 Å². The Morgan fingerprint density at radius 2 is 1.76 bits per heavy atom. The summed E-state index contributed by atoms with van der Waals surface area (Å²) in [5.74, 6) is -0.345. The molecule has 3 rings (SSSR count). The second-order valence-corrected chi connectivity index (χ2v) is 10.9. The molecule has 0 bridgehead atoms. The number of aromatic amines is 1. The predicted octanol–water partition coefficient (Wildman–Crippen LogP) is -15.5. The van der Waals surface area contributed by atoms with E-state index in [0.717, 1.165) is 17.8 Å². The van der Waals surface area contributed by atoms with Crippen molar-refractivity contribution >= 4 is 40.6 Å². The number of halogens is 1. The summed E-state index contributed by atoms with van der Waals surface area (Å²) in [5, 5.41) is 10.2. The molecule has 186 valence electrons. The second kappa shape index (κ2) is 15.2. The number of aromatic nitrogens is 4. The van der Waals surface area contributed by atoms with Crippen molar-refractivity contribution in [3.05, 3.63) is 16.7 Å². The fraction of sp³-hybridized carbons (Fsp3) is 0.545. The molecular weight excluding hydrogens is 614 g/mol. The van der Waals surface area contributed by atoms with E-state index >= 15 is 4.39 Å². The van der Waals surface area contributed by atoms with Crippen molar-refractivity contribution in [2.24, 2.45) is 0 Å². The van der Waals surface area contributed by atoms with Crippen LogP contribution >= 0.6 is 23.5 Å². The first-order valence-electron chi connectivity index (χ1n) is 8.38. The van der Waals surface area contributed by atoms with Crippen LogP contribution in [-0.4, -0.2) is 49.1 Å². The van der Waals surface area contributed by atoms with Gasteiger partial charge in [0.2, 0.25) is 5.95 Å². The van der Waals surface area contributed by atoms with Gasteiger partial charge in [-0.25, -0.2) is 13.7 Å². The zero-order valence-electron chi connectivity index (χ0n) is 20.0. The Morgan fingerprint density at radius 3 is 2.30 bits per heavy atom. The quantitative estimate of drug-likeness (QED) is 0.181.